The number of nitrogens with zero attached hydrogens (tertiary/aromatic N) is 1. The van der Waals surface area contributed by atoms with E-state index in [0.717, 1.165) is 5.04 Å². The van der Waals surface area contributed by atoms with Crippen LogP contribution in [0.25, 0.3) is 0 Å². The number of ether oxygens (including phenoxy) is 2. The highest BCUT2D eigenvalue weighted by Gasteiger charge is 2.32. The second-order valence-corrected chi connectivity index (χ2v) is 7.23. The van der Waals surface area contributed by atoms with Crippen LogP contribution in [0.2, 0.25) is 0 Å². The van der Waals surface area contributed by atoms with E-state index in [-0.39, 0.29) is 17.9 Å². The topological polar surface area (TPSA) is 77.0 Å². The van der Waals surface area contributed by atoms with Gasteiger partial charge < -0.3 is 14.8 Å². The summed E-state index contributed by atoms with van der Waals surface area (Å²) in [5, 5.41) is 3.57. The molecule has 1 heterocycles. The summed E-state index contributed by atoms with van der Waals surface area (Å²) in [5.74, 6) is 0.332. The van der Waals surface area contributed by atoms with Crippen molar-refractivity contribution in [3.8, 4) is 0 Å². The van der Waals surface area contributed by atoms with Crippen molar-refractivity contribution in [1.29, 1.82) is 0 Å². The van der Waals surface area contributed by atoms with Gasteiger partial charge >= 0.3 is 12.1 Å². The predicted molar refractivity (Wildman–Crippen MR) is 83.7 cm³/mol. The lowest BCUT2D eigenvalue weighted by molar-refractivity contribution is -0.141. The van der Waals surface area contributed by atoms with Gasteiger partial charge in [0.25, 0.3) is 0 Å². The summed E-state index contributed by atoms with van der Waals surface area (Å²) in [5.41, 5.74) is -0.551. The zero-order chi connectivity index (χ0) is 16.2. The SMILES string of the molecule is COC(=O)C1CSC([C@@H](NC(=O)OC(C)(C)C)C(C)C)=N1. The maximum atomic E-state index is 11.9. The van der Waals surface area contributed by atoms with Crippen LogP contribution in [0.1, 0.15) is 34.6 Å². The first-order valence-electron chi connectivity index (χ1n) is 6.92. The van der Waals surface area contributed by atoms with Crippen LogP contribution in [0, 0.1) is 5.92 Å². The highest BCUT2D eigenvalue weighted by atomic mass is 32.2. The molecule has 1 rings (SSSR count). The maximum Gasteiger partial charge on any atom is 0.408 e. The van der Waals surface area contributed by atoms with Crippen LogP contribution in [0.4, 0.5) is 4.79 Å². The minimum absolute atomic E-state index is 0.139. The van der Waals surface area contributed by atoms with Crippen LogP contribution in [0.5, 0.6) is 0 Å². The van der Waals surface area contributed by atoms with E-state index < -0.39 is 17.7 Å². The average molecular weight is 316 g/mol. The normalized spacial score (nSPS) is 20.0. The van der Waals surface area contributed by atoms with Crippen molar-refractivity contribution in [2.75, 3.05) is 12.9 Å². The Kier molecular flexibility index (Phi) is 6.07. The molecule has 1 aliphatic heterocycles. The summed E-state index contributed by atoms with van der Waals surface area (Å²) >= 11 is 1.47. The molecule has 1 unspecified atom stereocenters. The smallest absolute Gasteiger partial charge is 0.408 e. The van der Waals surface area contributed by atoms with Gasteiger partial charge in [-0.2, -0.15) is 0 Å². The molecule has 0 aromatic heterocycles. The zero-order valence-electron chi connectivity index (χ0n) is 13.4. The minimum Gasteiger partial charge on any atom is -0.467 e. The van der Waals surface area contributed by atoms with E-state index in [1.807, 2.05) is 34.6 Å². The third kappa shape index (κ3) is 5.57. The summed E-state index contributed by atoms with van der Waals surface area (Å²) in [7, 11) is 1.35. The molecule has 0 aromatic carbocycles. The fourth-order valence-corrected chi connectivity index (χ4v) is 3.02. The summed E-state index contributed by atoms with van der Waals surface area (Å²) in [4.78, 5) is 27.8. The Bertz CT molecular complexity index is 429. The number of rotatable bonds is 4. The van der Waals surface area contributed by atoms with Gasteiger partial charge in [-0.1, -0.05) is 13.8 Å². The number of hydrogen-bond acceptors (Lipinski definition) is 6. The molecule has 0 saturated heterocycles. The van der Waals surface area contributed by atoms with Crippen LogP contribution in [0.3, 0.4) is 0 Å². The quantitative estimate of drug-likeness (QED) is 0.805. The van der Waals surface area contributed by atoms with Crippen LogP contribution in [-0.2, 0) is 14.3 Å². The number of methoxy groups -OCH3 is 1. The van der Waals surface area contributed by atoms with Crippen molar-refractivity contribution in [2.24, 2.45) is 10.9 Å². The van der Waals surface area contributed by atoms with Gasteiger partial charge in [-0.3, -0.25) is 4.99 Å². The molecule has 0 radical (unpaired) electrons. The van der Waals surface area contributed by atoms with Crippen LogP contribution in [-0.4, -0.2) is 47.7 Å². The van der Waals surface area contributed by atoms with Crippen molar-refractivity contribution in [2.45, 2.75) is 52.3 Å². The molecule has 1 aliphatic rings. The largest absolute Gasteiger partial charge is 0.467 e. The first-order chi connectivity index (χ1) is 9.64. The van der Waals surface area contributed by atoms with Gasteiger partial charge in [0.1, 0.15) is 5.60 Å². The molecule has 2 atom stereocenters. The van der Waals surface area contributed by atoms with Gasteiger partial charge in [0, 0.05) is 5.75 Å². The van der Waals surface area contributed by atoms with E-state index >= 15 is 0 Å². The third-order valence-corrected chi connectivity index (χ3v) is 3.89. The van der Waals surface area contributed by atoms with Crippen LogP contribution >= 0.6 is 11.8 Å². The predicted octanol–water partition coefficient (Wildman–Crippen LogP) is 2.22. The number of nitrogens with one attached hydrogen (secondary N) is 1. The van der Waals surface area contributed by atoms with Gasteiger partial charge in [0.2, 0.25) is 0 Å². The lowest BCUT2D eigenvalue weighted by atomic mass is 10.1. The van der Waals surface area contributed by atoms with Crippen LogP contribution in [0.15, 0.2) is 4.99 Å². The number of aliphatic imine (C=N–C) groups is 1. The van der Waals surface area contributed by atoms with Crippen molar-refractivity contribution in [1.82, 2.24) is 5.32 Å². The number of alkyl carbamates (subject to hydrolysis) is 1. The summed E-state index contributed by atoms with van der Waals surface area (Å²) in [6.45, 7) is 9.40. The van der Waals surface area contributed by atoms with E-state index in [2.05, 4.69) is 10.3 Å². The number of hydrogen-bond donors (Lipinski definition) is 1. The molecule has 1 N–H and O–H groups in total. The van der Waals surface area contributed by atoms with E-state index in [4.69, 9.17) is 9.47 Å². The van der Waals surface area contributed by atoms with Crippen molar-refractivity contribution in [3.63, 3.8) is 0 Å². The fourth-order valence-electron chi connectivity index (χ4n) is 1.77. The van der Waals surface area contributed by atoms with E-state index in [9.17, 15) is 9.59 Å². The zero-order valence-corrected chi connectivity index (χ0v) is 14.2. The highest BCUT2D eigenvalue weighted by molar-refractivity contribution is 8.14. The Labute approximate surface area is 130 Å². The lowest BCUT2D eigenvalue weighted by Crippen LogP contribution is -2.45. The fraction of sp³-hybridized carbons (Fsp3) is 0.786. The monoisotopic (exact) mass is 316 g/mol. The number of carbonyl (C=O) groups is 2. The first-order valence-corrected chi connectivity index (χ1v) is 7.90. The van der Waals surface area contributed by atoms with Gasteiger partial charge in [-0.05, 0) is 26.7 Å². The number of esters is 1. The molecular weight excluding hydrogens is 292 g/mol. The Morgan fingerprint density at radius 1 is 1.38 bits per heavy atom. The Balaban J connectivity index is 2.75. The second kappa shape index (κ2) is 7.15. The Morgan fingerprint density at radius 3 is 2.48 bits per heavy atom. The summed E-state index contributed by atoms with van der Waals surface area (Å²) < 4.78 is 9.97. The number of thioether (sulfide) groups is 1. The van der Waals surface area contributed by atoms with E-state index in [0.29, 0.717) is 5.75 Å². The molecule has 0 aromatic rings. The maximum absolute atomic E-state index is 11.9. The second-order valence-electron chi connectivity index (χ2n) is 6.19. The molecule has 0 bridgehead atoms. The molecule has 0 spiro atoms. The molecule has 1 amide bonds. The van der Waals surface area contributed by atoms with Gasteiger partial charge in [-0.15, -0.1) is 11.8 Å². The molecule has 6 nitrogen and oxygen atoms in total. The Hall–Kier alpha value is -1.24. The summed E-state index contributed by atoms with van der Waals surface area (Å²) in [6.07, 6.45) is -0.481. The summed E-state index contributed by atoms with van der Waals surface area (Å²) in [6, 6.07) is -0.754. The van der Waals surface area contributed by atoms with Gasteiger partial charge in [0.15, 0.2) is 6.04 Å². The number of amides is 1. The first kappa shape index (κ1) is 17.8. The minimum atomic E-state index is -0.551. The Morgan fingerprint density at radius 2 is 2.00 bits per heavy atom. The van der Waals surface area contributed by atoms with E-state index in [1.54, 1.807) is 0 Å². The standard InChI is InChI=1S/C14H24N2O4S/c1-8(2)10(16-13(18)20-14(3,4)5)11-15-9(7-21-11)12(17)19-6/h8-10H,7H2,1-6H3,(H,16,18)/t9?,10-/m0/s1. The van der Waals surface area contributed by atoms with Crippen molar-refractivity contribution >= 4 is 28.9 Å². The average Bonchev–Trinajstić information content (AvgIpc) is 2.81. The highest BCUT2D eigenvalue weighted by Crippen LogP contribution is 2.24. The van der Waals surface area contributed by atoms with Gasteiger partial charge in [0.05, 0.1) is 18.2 Å². The molecule has 0 fully saturated rings. The molecule has 0 aliphatic carbocycles. The molecule has 0 saturated carbocycles. The molecular formula is C14H24N2O4S. The van der Waals surface area contributed by atoms with E-state index in [1.165, 1.54) is 18.9 Å². The number of carbonyl (C=O) groups excluding carboxylic acids is 2. The van der Waals surface area contributed by atoms with Gasteiger partial charge in [-0.25, -0.2) is 9.59 Å². The lowest BCUT2D eigenvalue weighted by Gasteiger charge is -2.25. The van der Waals surface area contributed by atoms with Crippen LogP contribution < -0.4 is 5.32 Å². The third-order valence-electron chi connectivity index (χ3n) is 2.75. The van der Waals surface area contributed by atoms with Crippen molar-refractivity contribution < 1.29 is 19.1 Å². The molecule has 120 valence electrons. The van der Waals surface area contributed by atoms with Crippen molar-refractivity contribution in [3.05, 3.63) is 0 Å². The molecule has 21 heavy (non-hydrogen) atoms. The molecule has 7 heteroatoms.